The first-order chi connectivity index (χ1) is 12.8. The maximum absolute atomic E-state index is 13.6. The van der Waals surface area contributed by atoms with E-state index in [0.29, 0.717) is 6.07 Å². The number of thioether (sulfide) groups is 1. The molecule has 3 amide bonds. The summed E-state index contributed by atoms with van der Waals surface area (Å²) in [6.45, 7) is -0.570. The number of carbonyl (C=O) groups excluding carboxylic acids is 3. The van der Waals surface area contributed by atoms with E-state index in [1.165, 1.54) is 0 Å². The van der Waals surface area contributed by atoms with Crippen LogP contribution in [0.4, 0.5) is 19.3 Å². The first-order valence-corrected chi connectivity index (χ1v) is 9.20. The molecule has 1 aliphatic heterocycles. The van der Waals surface area contributed by atoms with E-state index in [0.717, 1.165) is 38.8 Å². The Morgan fingerprint density at radius 2 is 1.85 bits per heavy atom. The number of imide groups is 1. The Morgan fingerprint density at radius 3 is 2.52 bits per heavy atom. The molecule has 1 fully saturated rings. The van der Waals surface area contributed by atoms with Crippen LogP contribution in [0.1, 0.15) is 5.56 Å². The molecule has 1 N–H and O–H groups in total. The van der Waals surface area contributed by atoms with Gasteiger partial charge in [0.1, 0.15) is 18.2 Å². The first-order valence-electron chi connectivity index (χ1n) is 7.59. The second-order valence-corrected chi connectivity index (χ2v) is 7.40. The van der Waals surface area contributed by atoms with Gasteiger partial charge in [0.05, 0.1) is 10.6 Å². The molecule has 0 radical (unpaired) electrons. The third kappa shape index (κ3) is 4.61. The molecule has 3 rings (SSSR count). The topological polar surface area (TPSA) is 66.5 Å². The van der Waals surface area contributed by atoms with E-state index in [9.17, 15) is 23.2 Å². The Balaban J connectivity index is 1.69. The molecule has 138 valence electrons. The van der Waals surface area contributed by atoms with Crippen molar-refractivity contribution in [2.24, 2.45) is 0 Å². The summed E-state index contributed by atoms with van der Waals surface area (Å²) in [5.74, 6) is -3.11. The summed E-state index contributed by atoms with van der Waals surface area (Å²) >= 11 is 4.02. The van der Waals surface area contributed by atoms with Gasteiger partial charge in [-0.1, -0.05) is 28.1 Å². The van der Waals surface area contributed by atoms with Gasteiger partial charge in [0.25, 0.3) is 11.1 Å². The van der Waals surface area contributed by atoms with Crippen molar-refractivity contribution in [1.29, 1.82) is 0 Å². The molecule has 0 aromatic heterocycles. The van der Waals surface area contributed by atoms with Crippen LogP contribution < -0.4 is 5.32 Å². The fraction of sp³-hybridized carbons (Fsp3) is 0.0556. The Hall–Kier alpha value is -2.52. The van der Waals surface area contributed by atoms with Gasteiger partial charge in [-0.15, -0.1) is 0 Å². The molecule has 1 aliphatic rings. The van der Waals surface area contributed by atoms with Crippen LogP contribution in [0.2, 0.25) is 0 Å². The van der Waals surface area contributed by atoms with Gasteiger partial charge in [-0.05, 0) is 47.7 Å². The standard InChI is InChI=1S/C18H11BrF2N2O3S/c19-11-3-1-10(2-4-11)7-15-17(25)23(18(26)27-15)9-16(24)22-14-6-5-12(20)8-13(14)21/h1-8H,9H2,(H,22,24). The van der Waals surface area contributed by atoms with E-state index < -0.39 is 35.2 Å². The van der Waals surface area contributed by atoms with E-state index in [1.807, 2.05) is 0 Å². The highest BCUT2D eigenvalue weighted by molar-refractivity contribution is 9.10. The molecular formula is C18H11BrF2N2O3S. The lowest BCUT2D eigenvalue weighted by molar-refractivity contribution is -0.127. The highest BCUT2D eigenvalue weighted by atomic mass is 79.9. The molecule has 1 heterocycles. The maximum atomic E-state index is 13.6. The van der Waals surface area contributed by atoms with Gasteiger partial charge in [-0.2, -0.15) is 0 Å². The molecule has 2 aromatic carbocycles. The minimum Gasteiger partial charge on any atom is -0.322 e. The number of nitrogens with one attached hydrogen (secondary N) is 1. The van der Waals surface area contributed by atoms with Crippen molar-refractivity contribution in [3.05, 3.63) is 69.0 Å². The van der Waals surface area contributed by atoms with Gasteiger partial charge in [-0.25, -0.2) is 8.78 Å². The van der Waals surface area contributed by atoms with E-state index in [1.54, 1.807) is 30.3 Å². The van der Waals surface area contributed by atoms with Gasteiger partial charge >= 0.3 is 0 Å². The molecule has 9 heteroatoms. The average molecular weight is 453 g/mol. The summed E-state index contributed by atoms with van der Waals surface area (Å²) in [5.41, 5.74) is 0.486. The number of hydrogen-bond acceptors (Lipinski definition) is 4. The minimum absolute atomic E-state index is 0.183. The molecule has 0 unspecified atom stereocenters. The normalized spacial score (nSPS) is 15.5. The van der Waals surface area contributed by atoms with Crippen LogP contribution in [0.15, 0.2) is 51.8 Å². The predicted molar refractivity (Wildman–Crippen MR) is 102 cm³/mol. The number of hydrogen-bond donors (Lipinski definition) is 1. The monoisotopic (exact) mass is 452 g/mol. The summed E-state index contributed by atoms with van der Waals surface area (Å²) in [7, 11) is 0. The molecular weight excluding hydrogens is 442 g/mol. The molecule has 27 heavy (non-hydrogen) atoms. The summed E-state index contributed by atoms with van der Waals surface area (Å²) in [4.78, 5) is 37.4. The number of benzene rings is 2. The SMILES string of the molecule is O=C(CN1C(=O)SC(=Cc2ccc(Br)cc2)C1=O)Nc1ccc(F)cc1F. The zero-order valence-electron chi connectivity index (χ0n) is 13.5. The Labute approximate surface area is 165 Å². The van der Waals surface area contributed by atoms with Crippen LogP contribution in [-0.2, 0) is 9.59 Å². The fourth-order valence-corrected chi connectivity index (χ4v) is 3.37. The Morgan fingerprint density at radius 1 is 1.15 bits per heavy atom. The number of rotatable bonds is 4. The van der Waals surface area contributed by atoms with Gasteiger partial charge in [0.2, 0.25) is 5.91 Å². The first kappa shape index (κ1) is 19.2. The molecule has 1 saturated heterocycles. The minimum atomic E-state index is -0.951. The van der Waals surface area contributed by atoms with Gasteiger partial charge in [0.15, 0.2) is 0 Å². The number of halogens is 3. The quantitative estimate of drug-likeness (QED) is 0.698. The van der Waals surface area contributed by atoms with E-state index in [4.69, 9.17) is 0 Å². The van der Waals surface area contributed by atoms with Crippen molar-refractivity contribution < 1.29 is 23.2 Å². The van der Waals surface area contributed by atoms with Crippen molar-refractivity contribution in [2.45, 2.75) is 0 Å². The predicted octanol–water partition coefficient (Wildman–Crippen LogP) is 4.40. The Bertz CT molecular complexity index is 964. The fourth-order valence-electron chi connectivity index (χ4n) is 2.27. The zero-order valence-corrected chi connectivity index (χ0v) is 15.9. The second-order valence-electron chi connectivity index (χ2n) is 5.49. The van der Waals surface area contributed by atoms with Gasteiger partial charge in [-0.3, -0.25) is 19.3 Å². The van der Waals surface area contributed by atoms with E-state index in [2.05, 4.69) is 21.2 Å². The smallest absolute Gasteiger partial charge is 0.294 e. The number of amides is 3. The molecule has 0 spiro atoms. The lowest BCUT2D eigenvalue weighted by Gasteiger charge is -2.12. The van der Waals surface area contributed by atoms with Crippen LogP contribution in [-0.4, -0.2) is 28.5 Å². The van der Waals surface area contributed by atoms with Crippen molar-refractivity contribution in [3.63, 3.8) is 0 Å². The third-order valence-electron chi connectivity index (χ3n) is 3.55. The number of anilines is 1. The molecule has 2 aromatic rings. The van der Waals surface area contributed by atoms with Gasteiger partial charge < -0.3 is 5.32 Å². The van der Waals surface area contributed by atoms with Crippen molar-refractivity contribution in [2.75, 3.05) is 11.9 Å². The van der Waals surface area contributed by atoms with Crippen LogP contribution in [0, 0.1) is 11.6 Å². The third-order valence-corrected chi connectivity index (χ3v) is 4.98. The average Bonchev–Trinajstić information content (AvgIpc) is 2.87. The number of carbonyl (C=O) groups is 3. The van der Waals surface area contributed by atoms with Crippen LogP contribution in [0.3, 0.4) is 0 Å². The van der Waals surface area contributed by atoms with Gasteiger partial charge in [0, 0.05) is 10.5 Å². The zero-order chi connectivity index (χ0) is 19.6. The van der Waals surface area contributed by atoms with E-state index in [-0.39, 0.29) is 10.6 Å². The van der Waals surface area contributed by atoms with E-state index >= 15 is 0 Å². The molecule has 5 nitrogen and oxygen atoms in total. The Kier molecular flexibility index (Phi) is 5.71. The number of nitrogens with zero attached hydrogens (tertiary/aromatic N) is 1. The molecule has 0 atom stereocenters. The van der Waals surface area contributed by atoms with Crippen molar-refractivity contribution in [1.82, 2.24) is 4.90 Å². The maximum Gasteiger partial charge on any atom is 0.294 e. The lowest BCUT2D eigenvalue weighted by atomic mass is 10.2. The van der Waals surface area contributed by atoms with Crippen LogP contribution in [0.5, 0.6) is 0 Å². The summed E-state index contributed by atoms with van der Waals surface area (Å²) in [5, 5.41) is 1.62. The molecule has 0 saturated carbocycles. The second kappa shape index (κ2) is 8.01. The molecule has 0 bridgehead atoms. The molecule has 0 aliphatic carbocycles. The summed E-state index contributed by atoms with van der Waals surface area (Å²) in [6.07, 6.45) is 1.55. The van der Waals surface area contributed by atoms with Crippen molar-refractivity contribution in [3.8, 4) is 0 Å². The van der Waals surface area contributed by atoms with Crippen molar-refractivity contribution >= 4 is 56.5 Å². The summed E-state index contributed by atoms with van der Waals surface area (Å²) < 4.78 is 27.4. The van der Waals surface area contributed by atoms with Crippen LogP contribution >= 0.6 is 27.7 Å². The highest BCUT2D eigenvalue weighted by Gasteiger charge is 2.36. The lowest BCUT2D eigenvalue weighted by Crippen LogP contribution is -2.36. The largest absolute Gasteiger partial charge is 0.322 e. The van der Waals surface area contributed by atoms with Crippen LogP contribution in [0.25, 0.3) is 6.08 Å². The summed E-state index contributed by atoms with van der Waals surface area (Å²) in [6, 6.07) is 9.78. The highest BCUT2D eigenvalue weighted by Crippen LogP contribution is 2.32.